The molecule has 2 rings (SSSR count). The van der Waals surface area contributed by atoms with Crippen molar-refractivity contribution in [3.63, 3.8) is 0 Å². The van der Waals surface area contributed by atoms with Gasteiger partial charge in [0.2, 0.25) is 0 Å². The maximum Gasteiger partial charge on any atom is 0.197 e. The molecule has 2 aromatic rings. The monoisotopic (exact) mass is 474 g/mol. The third-order valence-corrected chi connectivity index (χ3v) is 7.11. The fourth-order valence-corrected chi connectivity index (χ4v) is 4.88. The lowest BCUT2D eigenvalue weighted by molar-refractivity contribution is -0.0203. The molecule has 5 heteroatoms. The Labute approximate surface area is 204 Å². The molecule has 2 unspecified atom stereocenters. The first-order valence-corrected chi connectivity index (χ1v) is 12.6. The minimum absolute atomic E-state index is 0.0902. The topological polar surface area (TPSA) is 69.9 Å². The van der Waals surface area contributed by atoms with Gasteiger partial charge in [-0.2, -0.15) is 0 Å². The average Bonchev–Trinajstić information content (AvgIpc) is 2.69. The molecule has 33 heavy (non-hydrogen) atoms. The second kappa shape index (κ2) is 10.8. The van der Waals surface area contributed by atoms with Gasteiger partial charge in [0.05, 0.1) is 12.7 Å². The van der Waals surface area contributed by atoms with Crippen LogP contribution < -0.4 is 4.74 Å². The molecule has 0 saturated carbocycles. The zero-order valence-corrected chi connectivity index (χ0v) is 22.6. The Morgan fingerprint density at radius 3 is 1.85 bits per heavy atom. The van der Waals surface area contributed by atoms with E-state index in [-0.39, 0.29) is 17.4 Å². The summed E-state index contributed by atoms with van der Waals surface area (Å²) in [6.07, 6.45) is -0.604. The molecule has 0 bridgehead atoms. The van der Waals surface area contributed by atoms with Gasteiger partial charge in [-0.15, -0.1) is 0 Å². The van der Waals surface area contributed by atoms with Crippen molar-refractivity contribution in [2.45, 2.75) is 108 Å². The number of aliphatic hydroxyl groups excluding tert-OH is 3. The highest BCUT2D eigenvalue weighted by Crippen LogP contribution is 2.42. The molecule has 0 aliphatic rings. The summed E-state index contributed by atoms with van der Waals surface area (Å²) in [4.78, 5) is 2.33. The Hall–Kier alpha value is -1.53. The zero-order chi connectivity index (χ0) is 25.1. The average molecular weight is 475 g/mol. The number of ether oxygens (including phenoxy) is 1. The maximum absolute atomic E-state index is 10.1. The lowest BCUT2D eigenvalue weighted by atomic mass is 9.81. The molecular formula is C28H42O4S. The molecule has 0 fully saturated rings. The van der Waals surface area contributed by atoms with Crippen LogP contribution in [0.15, 0.2) is 34.1 Å². The number of aryl methyl sites for hydroxylation is 2. The third-order valence-electron chi connectivity index (χ3n) is 5.79. The molecule has 2 atom stereocenters. The van der Waals surface area contributed by atoms with Crippen molar-refractivity contribution in [3.8, 4) is 5.75 Å². The Morgan fingerprint density at radius 1 is 0.848 bits per heavy atom. The summed E-state index contributed by atoms with van der Waals surface area (Å²) in [5.41, 5.74) is 5.35. The van der Waals surface area contributed by atoms with E-state index >= 15 is 0 Å². The Bertz CT molecular complexity index is 876. The summed E-state index contributed by atoms with van der Waals surface area (Å²) in [5.74, 6) is 0.735. The number of aliphatic hydroxyl groups is 3. The highest BCUT2D eigenvalue weighted by Gasteiger charge is 2.24. The molecule has 0 radical (unpaired) electrons. The SMILES string of the molecule is CCC(O)Oc1cc(C)c(Sc2cc(C(C)(C)C)c(CC(O)CO)cc2C)cc1C(C)(C)C. The van der Waals surface area contributed by atoms with Crippen LogP contribution >= 0.6 is 11.8 Å². The van der Waals surface area contributed by atoms with Gasteiger partial charge in [0.15, 0.2) is 6.29 Å². The molecule has 0 amide bonds. The minimum atomic E-state index is -0.817. The summed E-state index contributed by atoms with van der Waals surface area (Å²) >= 11 is 1.74. The van der Waals surface area contributed by atoms with Crippen molar-refractivity contribution in [2.24, 2.45) is 0 Å². The standard InChI is InChI=1S/C28H42O4S/c1-10-26(31)32-23-12-18(3)25(15-22(23)28(7,8)9)33-24-14-21(27(4,5)6)19(11-17(24)2)13-20(30)16-29/h11-12,14-15,20,26,29-31H,10,13,16H2,1-9H3. The third kappa shape index (κ3) is 7.22. The van der Waals surface area contributed by atoms with Crippen molar-refractivity contribution < 1.29 is 20.1 Å². The molecule has 184 valence electrons. The molecule has 3 N–H and O–H groups in total. The van der Waals surface area contributed by atoms with Gasteiger partial charge in [-0.25, -0.2) is 0 Å². The van der Waals surface area contributed by atoms with Crippen molar-refractivity contribution in [3.05, 3.63) is 52.1 Å². The van der Waals surface area contributed by atoms with Crippen LogP contribution in [-0.4, -0.2) is 34.3 Å². The highest BCUT2D eigenvalue weighted by molar-refractivity contribution is 7.99. The van der Waals surface area contributed by atoms with E-state index in [1.165, 1.54) is 10.5 Å². The fraction of sp³-hybridized carbons (Fsp3) is 0.571. The van der Waals surface area contributed by atoms with E-state index in [1.807, 2.05) is 13.0 Å². The van der Waals surface area contributed by atoms with E-state index in [9.17, 15) is 15.3 Å². The van der Waals surface area contributed by atoms with Gasteiger partial charge in [0.25, 0.3) is 0 Å². The van der Waals surface area contributed by atoms with E-state index in [0.29, 0.717) is 12.8 Å². The number of hydrogen-bond donors (Lipinski definition) is 3. The van der Waals surface area contributed by atoms with Gasteiger partial charge in [-0.3, -0.25) is 0 Å². The zero-order valence-electron chi connectivity index (χ0n) is 21.7. The van der Waals surface area contributed by atoms with E-state index < -0.39 is 12.4 Å². The molecular weight excluding hydrogens is 432 g/mol. The van der Waals surface area contributed by atoms with E-state index in [0.717, 1.165) is 32.9 Å². The van der Waals surface area contributed by atoms with E-state index in [4.69, 9.17) is 4.74 Å². The van der Waals surface area contributed by atoms with Crippen molar-refractivity contribution in [1.29, 1.82) is 0 Å². The second-order valence-electron chi connectivity index (χ2n) is 11.0. The minimum Gasteiger partial charge on any atom is -0.465 e. The molecule has 0 spiro atoms. The molecule has 2 aromatic carbocycles. The molecule has 0 aromatic heterocycles. The molecule has 0 aliphatic heterocycles. The Morgan fingerprint density at radius 2 is 1.36 bits per heavy atom. The predicted octanol–water partition coefficient (Wildman–Crippen LogP) is 6.05. The first-order valence-electron chi connectivity index (χ1n) is 11.8. The Kier molecular flexibility index (Phi) is 9.08. The normalized spacial score (nSPS) is 14.3. The summed E-state index contributed by atoms with van der Waals surface area (Å²) in [5, 5.41) is 29.5. The number of hydrogen-bond acceptors (Lipinski definition) is 5. The van der Waals surface area contributed by atoms with Crippen LogP contribution in [0.1, 0.15) is 82.7 Å². The van der Waals surface area contributed by atoms with Crippen LogP contribution in [0.5, 0.6) is 5.75 Å². The smallest absolute Gasteiger partial charge is 0.197 e. The van der Waals surface area contributed by atoms with E-state index in [2.05, 4.69) is 73.6 Å². The van der Waals surface area contributed by atoms with Gasteiger partial charge in [0, 0.05) is 28.2 Å². The largest absolute Gasteiger partial charge is 0.465 e. The summed E-state index contributed by atoms with van der Waals surface area (Å²) in [6, 6.07) is 8.61. The van der Waals surface area contributed by atoms with Gasteiger partial charge in [-0.05, 0) is 65.1 Å². The van der Waals surface area contributed by atoms with Crippen LogP contribution in [0.25, 0.3) is 0 Å². The van der Waals surface area contributed by atoms with Gasteiger partial charge >= 0.3 is 0 Å². The molecule has 4 nitrogen and oxygen atoms in total. The van der Waals surface area contributed by atoms with Crippen molar-refractivity contribution >= 4 is 11.8 Å². The Balaban J connectivity index is 2.55. The van der Waals surface area contributed by atoms with Crippen molar-refractivity contribution in [1.82, 2.24) is 0 Å². The van der Waals surface area contributed by atoms with Crippen LogP contribution in [0.2, 0.25) is 0 Å². The van der Waals surface area contributed by atoms with Crippen LogP contribution in [0, 0.1) is 13.8 Å². The first kappa shape index (κ1) is 27.7. The van der Waals surface area contributed by atoms with Gasteiger partial charge < -0.3 is 20.1 Å². The van der Waals surface area contributed by atoms with Gasteiger partial charge in [-0.1, -0.05) is 66.3 Å². The number of benzene rings is 2. The van der Waals surface area contributed by atoms with Crippen LogP contribution in [0.3, 0.4) is 0 Å². The van der Waals surface area contributed by atoms with Crippen LogP contribution in [-0.2, 0) is 17.3 Å². The van der Waals surface area contributed by atoms with E-state index in [1.54, 1.807) is 11.8 Å². The summed E-state index contributed by atoms with van der Waals surface area (Å²) < 4.78 is 5.86. The summed E-state index contributed by atoms with van der Waals surface area (Å²) in [7, 11) is 0. The first-order chi connectivity index (χ1) is 15.2. The quantitative estimate of drug-likeness (QED) is 0.406. The lowest BCUT2D eigenvalue weighted by Crippen LogP contribution is -2.21. The highest BCUT2D eigenvalue weighted by atomic mass is 32.2. The molecule has 0 saturated heterocycles. The maximum atomic E-state index is 10.1. The lowest BCUT2D eigenvalue weighted by Gasteiger charge is -2.27. The predicted molar refractivity (Wildman–Crippen MR) is 138 cm³/mol. The summed E-state index contributed by atoms with van der Waals surface area (Å²) in [6.45, 7) is 18.8. The van der Waals surface area contributed by atoms with Crippen molar-refractivity contribution in [2.75, 3.05) is 6.61 Å². The van der Waals surface area contributed by atoms with Gasteiger partial charge in [0.1, 0.15) is 5.75 Å². The second-order valence-corrected chi connectivity index (χ2v) is 12.1. The molecule has 0 aliphatic carbocycles. The number of rotatable bonds is 8. The fourth-order valence-electron chi connectivity index (χ4n) is 3.85. The molecule has 0 heterocycles. The van der Waals surface area contributed by atoms with Crippen LogP contribution in [0.4, 0.5) is 0 Å².